The van der Waals surface area contributed by atoms with Gasteiger partial charge in [0.25, 0.3) is 0 Å². The molecule has 0 bridgehead atoms. The van der Waals surface area contributed by atoms with Crippen molar-refractivity contribution < 1.29 is 5.11 Å². The number of rotatable bonds is 2. The van der Waals surface area contributed by atoms with Gasteiger partial charge in [-0.2, -0.15) is 0 Å². The van der Waals surface area contributed by atoms with Gasteiger partial charge >= 0.3 is 0 Å². The highest BCUT2D eigenvalue weighted by Gasteiger charge is 2.32. The molecule has 2 atom stereocenters. The molecule has 2 fully saturated rings. The van der Waals surface area contributed by atoms with Crippen LogP contribution in [0.15, 0.2) is 30.3 Å². The quantitative estimate of drug-likeness (QED) is 0.866. The molecule has 0 aromatic heterocycles. The van der Waals surface area contributed by atoms with Crippen LogP contribution in [0.2, 0.25) is 0 Å². The minimum absolute atomic E-state index is 0.193. The third-order valence-electron chi connectivity index (χ3n) is 4.68. The molecule has 3 rings (SSSR count). The van der Waals surface area contributed by atoms with Crippen molar-refractivity contribution in [3.05, 3.63) is 35.9 Å². The van der Waals surface area contributed by atoms with Crippen molar-refractivity contribution in [3.8, 4) is 0 Å². The third kappa shape index (κ3) is 2.45. The Morgan fingerprint density at radius 1 is 1.00 bits per heavy atom. The molecule has 1 saturated carbocycles. The van der Waals surface area contributed by atoms with Crippen molar-refractivity contribution >= 4 is 0 Å². The first kappa shape index (κ1) is 12.2. The monoisotopic (exact) mass is 245 g/mol. The molecule has 1 aliphatic heterocycles. The lowest BCUT2D eigenvalue weighted by Gasteiger charge is -2.39. The molecule has 0 radical (unpaired) electrons. The normalized spacial score (nSPS) is 30.7. The van der Waals surface area contributed by atoms with E-state index in [-0.39, 0.29) is 6.10 Å². The van der Waals surface area contributed by atoms with Gasteiger partial charge in [0.05, 0.1) is 6.10 Å². The van der Waals surface area contributed by atoms with Crippen LogP contribution in [0.5, 0.6) is 0 Å². The molecule has 98 valence electrons. The number of aliphatic hydroxyl groups excluding tert-OH is 1. The maximum Gasteiger partial charge on any atom is 0.0736 e. The van der Waals surface area contributed by atoms with Gasteiger partial charge in [0.15, 0.2) is 0 Å². The number of β-amino-alcohol motifs (C(OH)–C–C–N with tert-alkyl or cyclic N) is 1. The molecule has 0 spiro atoms. The summed E-state index contributed by atoms with van der Waals surface area (Å²) in [5.41, 5.74) is 1.30. The molecule has 18 heavy (non-hydrogen) atoms. The molecule has 1 aliphatic carbocycles. The summed E-state index contributed by atoms with van der Waals surface area (Å²) in [6.07, 6.45) is 6.33. The van der Waals surface area contributed by atoms with Crippen LogP contribution in [0.3, 0.4) is 0 Å². The summed E-state index contributed by atoms with van der Waals surface area (Å²) in [5, 5.41) is 10.4. The minimum Gasteiger partial charge on any atom is -0.391 e. The predicted octanol–water partition coefficient (Wildman–Crippen LogP) is 2.78. The van der Waals surface area contributed by atoms with E-state index in [1.165, 1.54) is 31.2 Å². The van der Waals surface area contributed by atoms with Gasteiger partial charge in [-0.05, 0) is 31.4 Å². The molecule has 0 amide bonds. The van der Waals surface area contributed by atoms with Crippen molar-refractivity contribution in [1.29, 1.82) is 0 Å². The average Bonchev–Trinajstić information content (AvgIpc) is 2.93. The van der Waals surface area contributed by atoms with E-state index in [4.69, 9.17) is 0 Å². The minimum atomic E-state index is -0.193. The van der Waals surface area contributed by atoms with Gasteiger partial charge in [0.1, 0.15) is 0 Å². The number of benzene rings is 1. The summed E-state index contributed by atoms with van der Waals surface area (Å²) in [7, 11) is 0. The second-order valence-electron chi connectivity index (χ2n) is 5.81. The van der Waals surface area contributed by atoms with Gasteiger partial charge in [-0.25, -0.2) is 0 Å². The van der Waals surface area contributed by atoms with E-state index in [2.05, 4.69) is 29.2 Å². The van der Waals surface area contributed by atoms with Crippen LogP contribution in [0.1, 0.15) is 43.6 Å². The van der Waals surface area contributed by atoms with Crippen LogP contribution in [-0.2, 0) is 0 Å². The fourth-order valence-corrected chi connectivity index (χ4v) is 3.65. The standard InChI is InChI=1S/C16H23NO/c18-16-12-17(14-8-4-5-9-14)11-10-15(16)13-6-2-1-3-7-13/h1-3,6-7,14-16,18H,4-5,8-12H2. The van der Waals surface area contributed by atoms with Gasteiger partial charge in [-0.3, -0.25) is 4.90 Å². The van der Waals surface area contributed by atoms with E-state index in [1.807, 2.05) is 6.07 Å². The first-order valence-electron chi connectivity index (χ1n) is 7.31. The molecule has 2 unspecified atom stereocenters. The van der Waals surface area contributed by atoms with Gasteiger partial charge in [-0.1, -0.05) is 43.2 Å². The number of hydrogen-bond acceptors (Lipinski definition) is 2. The van der Waals surface area contributed by atoms with Gasteiger partial charge < -0.3 is 5.11 Å². The molecule has 1 N–H and O–H groups in total. The highest BCUT2D eigenvalue weighted by Crippen LogP contribution is 2.32. The smallest absolute Gasteiger partial charge is 0.0736 e. The van der Waals surface area contributed by atoms with E-state index >= 15 is 0 Å². The zero-order chi connectivity index (χ0) is 12.4. The highest BCUT2D eigenvalue weighted by molar-refractivity contribution is 5.21. The predicted molar refractivity (Wildman–Crippen MR) is 73.6 cm³/mol. The van der Waals surface area contributed by atoms with Gasteiger partial charge in [0.2, 0.25) is 0 Å². The van der Waals surface area contributed by atoms with Crippen LogP contribution < -0.4 is 0 Å². The summed E-state index contributed by atoms with van der Waals surface area (Å²) in [6.45, 7) is 2.02. The van der Waals surface area contributed by atoms with Crippen LogP contribution in [0.25, 0.3) is 0 Å². The van der Waals surface area contributed by atoms with Gasteiger partial charge in [-0.15, -0.1) is 0 Å². The van der Waals surface area contributed by atoms with Crippen LogP contribution in [0, 0.1) is 0 Å². The number of aliphatic hydroxyl groups is 1. The molecule has 1 aromatic carbocycles. The topological polar surface area (TPSA) is 23.5 Å². The average molecular weight is 245 g/mol. The Morgan fingerprint density at radius 3 is 2.39 bits per heavy atom. The van der Waals surface area contributed by atoms with E-state index in [9.17, 15) is 5.11 Å². The van der Waals surface area contributed by atoms with Crippen molar-refractivity contribution in [2.24, 2.45) is 0 Å². The summed E-state index contributed by atoms with van der Waals surface area (Å²) >= 11 is 0. The van der Waals surface area contributed by atoms with E-state index in [0.717, 1.165) is 25.6 Å². The maximum absolute atomic E-state index is 10.4. The molecular formula is C16H23NO. The molecule has 2 heteroatoms. The lowest BCUT2D eigenvalue weighted by molar-refractivity contribution is 0.0309. The molecule has 1 aromatic rings. The van der Waals surface area contributed by atoms with E-state index < -0.39 is 0 Å². The molecule has 1 heterocycles. The Labute approximate surface area is 110 Å². The van der Waals surface area contributed by atoms with E-state index in [1.54, 1.807) is 0 Å². The van der Waals surface area contributed by atoms with Crippen molar-refractivity contribution in [2.75, 3.05) is 13.1 Å². The van der Waals surface area contributed by atoms with Gasteiger partial charge in [0, 0.05) is 18.5 Å². The first-order valence-corrected chi connectivity index (χ1v) is 7.31. The second kappa shape index (κ2) is 5.41. The highest BCUT2D eigenvalue weighted by atomic mass is 16.3. The Hall–Kier alpha value is -0.860. The zero-order valence-electron chi connectivity index (χ0n) is 11.0. The lowest BCUT2D eigenvalue weighted by atomic mass is 9.86. The van der Waals surface area contributed by atoms with E-state index in [0.29, 0.717) is 5.92 Å². The molecule has 1 saturated heterocycles. The Balaban J connectivity index is 1.65. The summed E-state index contributed by atoms with van der Waals surface area (Å²) in [4.78, 5) is 2.52. The lowest BCUT2D eigenvalue weighted by Crippen LogP contribution is -2.46. The van der Waals surface area contributed by atoms with Crippen LogP contribution >= 0.6 is 0 Å². The Bertz CT molecular complexity index is 372. The number of likely N-dealkylation sites (tertiary alicyclic amines) is 1. The Kier molecular flexibility index (Phi) is 3.67. The number of hydrogen-bond donors (Lipinski definition) is 1. The summed E-state index contributed by atoms with van der Waals surface area (Å²) in [5.74, 6) is 0.337. The fraction of sp³-hybridized carbons (Fsp3) is 0.625. The SMILES string of the molecule is OC1CN(C2CCCC2)CCC1c1ccccc1. The fourth-order valence-electron chi connectivity index (χ4n) is 3.65. The number of piperidine rings is 1. The summed E-state index contributed by atoms with van der Waals surface area (Å²) in [6, 6.07) is 11.2. The van der Waals surface area contributed by atoms with Crippen molar-refractivity contribution in [2.45, 2.75) is 50.2 Å². The molecule has 2 aliphatic rings. The number of nitrogens with zero attached hydrogens (tertiary/aromatic N) is 1. The summed E-state index contributed by atoms with van der Waals surface area (Å²) < 4.78 is 0. The first-order chi connectivity index (χ1) is 8.84. The van der Waals surface area contributed by atoms with Crippen molar-refractivity contribution in [1.82, 2.24) is 4.90 Å². The largest absolute Gasteiger partial charge is 0.391 e. The molecular weight excluding hydrogens is 222 g/mol. The second-order valence-corrected chi connectivity index (χ2v) is 5.81. The zero-order valence-corrected chi connectivity index (χ0v) is 11.0. The van der Waals surface area contributed by atoms with Crippen LogP contribution in [0.4, 0.5) is 0 Å². The Morgan fingerprint density at radius 2 is 1.72 bits per heavy atom. The third-order valence-corrected chi connectivity index (χ3v) is 4.68. The molecule has 2 nitrogen and oxygen atoms in total. The van der Waals surface area contributed by atoms with Crippen molar-refractivity contribution in [3.63, 3.8) is 0 Å². The maximum atomic E-state index is 10.4. The van der Waals surface area contributed by atoms with Crippen LogP contribution in [-0.4, -0.2) is 35.2 Å².